The molecule has 2 aliphatic heterocycles. The van der Waals surface area contributed by atoms with Gasteiger partial charge in [0, 0.05) is 33.1 Å². The van der Waals surface area contributed by atoms with Crippen molar-refractivity contribution in [3.05, 3.63) is 35.4 Å². The third-order valence-electron chi connectivity index (χ3n) is 2.02. The van der Waals surface area contributed by atoms with Gasteiger partial charge in [-0.05, 0) is 6.07 Å². The van der Waals surface area contributed by atoms with Gasteiger partial charge in [0.1, 0.15) is 0 Å². The third-order valence-corrected chi connectivity index (χ3v) is 4.63. The molecule has 0 fully saturated rings. The summed E-state index contributed by atoms with van der Waals surface area (Å²) < 4.78 is 14.9. The van der Waals surface area contributed by atoms with Crippen LogP contribution in [-0.2, 0) is 0 Å². The molecule has 0 spiro atoms. The molecule has 0 amide bonds. The second kappa shape index (κ2) is 4.82. The highest BCUT2D eigenvalue weighted by Gasteiger charge is 2.14. The van der Waals surface area contributed by atoms with E-state index >= 15 is 0 Å². The summed E-state index contributed by atoms with van der Waals surface area (Å²) >= 11 is 0. The Hall–Kier alpha value is -0.440. The first-order chi connectivity index (χ1) is 7.93. The van der Waals surface area contributed by atoms with E-state index in [2.05, 4.69) is 24.3 Å². The van der Waals surface area contributed by atoms with Gasteiger partial charge in [-0.3, -0.25) is 0 Å². The van der Waals surface area contributed by atoms with E-state index in [1.165, 1.54) is 43.9 Å². The monoisotopic (exact) mass is 286 g/mol. The number of hydrogen-bond donors (Lipinski definition) is 2. The van der Waals surface area contributed by atoms with Crippen molar-refractivity contribution in [2.45, 2.75) is 0 Å². The maximum Gasteiger partial charge on any atom is 0.152 e. The average molecular weight is 286 g/mol. The molecule has 16 heavy (non-hydrogen) atoms. The van der Waals surface area contributed by atoms with E-state index in [1.807, 2.05) is 18.2 Å². The van der Waals surface area contributed by atoms with Gasteiger partial charge in [0.2, 0.25) is 0 Å². The minimum atomic E-state index is 0.913. The fourth-order valence-electron chi connectivity index (χ4n) is 1.30. The molecule has 1 aromatic carbocycles. The number of amidine groups is 2. The predicted octanol–water partition coefficient (Wildman–Crippen LogP) is 2.81. The van der Waals surface area contributed by atoms with E-state index in [0.29, 0.717) is 0 Å². The lowest BCUT2D eigenvalue weighted by atomic mass is 10.1. The molecule has 0 radical (unpaired) electrons. The summed E-state index contributed by atoms with van der Waals surface area (Å²) in [6.45, 7) is 0. The van der Waals surface area contributed by atoms with Crippen molar-refractivity contribution in [2.24, 2.45) is 8.80 Å². The summed E-state index contributed by atoms with van der Waals surface area (Å²) in [5.41, 5.74) is 2.17. The van der Waals surface area contributed by atoms with Gasteiger partial charge in [-0.1, -0.05) is 18.2 Å². The zero-order valence-electron chi connectivity index (χ0n) is 7.84. The molecule has 0 bridgehead atoms. The Bertz CT molecular complexity index is 434. The zero-order valence-corrected chi connectivity index (χ0v) is 11.1. The second-order valence-corrected chi connectivity index (χ2v) is 6.28. The zero-order chi connectivity index (χ0) is 10.8. The summed E-state index contributed by atoms with van der Waals surface area (Å²) in [5.74, 6) is 1.83. The standard InChI is InChI=1S/C8H6N4S4/c1-2-5(7-9-13-14-10-7)4-6(3-1)8-11-15-16-12-8/h1-4H,(H,9,10)(H,11,12). The molecule has 0 unspecified atom stereocenters. The minimum Gasteiger partial charge on any atom is -0.303 e. The van der Waals surface area contributed by atoms with Crippen molar-refractivity contribution >= 4 is 55.6 Å². The molecule has 2 N–H and O–H groups in total. The number of hydrogen-bond acceptors (Lipinski definition) is 8. The third kappa shape index (κ3) is 2.15. The lowest BCUT2D eigenvalue weighted by molar-refractivity contribution is 1.45. The van der Waals surface area contributed by atoms with Gasteiger partial charge < -0.3 is 9.44 Å². The molecule has 0 aliphatic carbocycles. The molecule has 3 rings (SSSR count). The van der Waals surface area contributed by atoms with Crippen LogP contribution in [0, 0.1) is 0 Å². The van der Waals surface area contributed by atoms with E-state index in [4.69, 9.17) is 0 Å². The van der Waals surface area contributed by atoms with Crippen molar-refractivity contribution < 1.29 is 0 Å². The summed E-state index contributed by atoms with van der Waals surface area (Å²) in [6.07, 6.45) is 0. The average Bonchev–Trinajstić information content (AvgIpc) is 3.03. The highest BCUT2D eigenvalue weighted by Crippen LogP contribution is 2.29. The summed E-state index contributed by atoms with van der Waals surface area (Å²) in [5, 5.41) is 0. The Balaban J connectivity index is 1.93. The number of rotatable bonds is 2. The Labute approximate surface area is 109 Å². The molecule has 1 aromatic rings. The molecule has 82 valence electrons. The fraction of sp³-hybridized carbons (Fsp3) is 0. The van der Waals surface area contributed by atoms with Gasteiger partial charge in [-0.25, -0.2) is 0 Å². The van der Waals surface area contributed by atoms with Crippen molar-refractivity contribution in [2.75, 3.05) is 0 Å². The van der Waals surface area contributed by atoms with Crippen LogP contribution < -0.4 is 9.44 Å². The predicted molar refractivity (Wildman–Crippen MR) is 76.2 cm³/mol. The smallest absolute Gasteiger partial charge is 0.152 e. The van der Waals surface area contributed by atoms with Gasteiger partial charge in [-0.2, -0.15) is 8.80 Å². The van der Waals surface area contributed by atoms with Crippen LogP contribution in [0.2, 0.25) is 0 Å². The molecule has 0 saturated carbocycles. The van der Waals surface area contributed by atoms with Gasteiger partial charge in [-0.15, -0.1) is 0 Å². The lowest BCUT2D eigenvalue weighted by Crippen LogP contribution is -2.16. The maximum atomic E-state index is 4.29. The van der Waals surface area contributed by atoms with Gasteiger partial charge in [0.15, 0.2) is 11.7 Å². The Morgan fingerprint density at radius 1 is 0.875 bits per heavy atom. The van der Waals surface area contributed by atoms with Crippen LogP contribution in [0.4, 0.5) is 0 Å². The van der Waals surface area contributed by atoms with Crippen LogP contribution in [0.5, 0.6) is 0 Å². The van der Waals surface area contributed by atoms with Crippen LogP contribution in [0.3, 0.4) is 0 Å². The van der Waals surface area contributed by atoms with Crippen molar-refractivity contribution in [1.29, 1.82) is 0 Å². The quantitative estimate of drug-likeness (QED) is 0.644. The highest BCUT2D eigenvalue weighted by molar-refractivity contribution is 8.76. The van der Waals surface area contributed by atoms with Gasteiger partial charge >= 0.3 is 0 Å². The van der Waals surface area contributed by atoms with E-state index in [9.17, 15) is 0 Å². The van der Waals surface area contributed by atoms with E-state index in [1.54, 1.807) is 0 Å². The van der Waals surface area contributed by atoms with Crippen LogP contribution in [-0.4, -0.2) is 11.7 Å². The largest absolute Gasteiger partial charge is 0.303 e. The molecule has 0 saturated heterocycles. The minimum absolute atomic E-state index is 0.913. The van der Waals surface area contributed by atoms with E-state index < -0.39 is 0 Å². The number of nitrogens with zero attached hydrogens (tertiary/aromatic N) is 2. The Kier molecular flexibility index (Phi) is 3.22. The van der Waals surface area contributed by atoms with E-state index in [-0.39, 0.29) is 0 Å². The summed E-state index contributed by atoms with van der Waals surface area (Å²) in [6, 6.07) is 8.17. The van der Waals surface area contributed by atoms with Gasteiger partial charge in [0.25, 0.3) is 0 Å². The van der Waals surface area contributed by atoms with Crippen LogP contribution in [0.1, 0.15) is 11.1 Å². The first kappa shape index (κ1) is 10.7. The second-order valence-electron chi connectivity index (χ2n) is 2.98. The van der Waals surface area contributed by atoms with Crippen molar-refractivity contribution in [1.82, 2.24) is 9.44 Å². The molecular weight excluding hydrogens is 280 g/mol. The number of nitrogens with one attached hydrogen (secondary N) is 2. The lowest BCUT2D eigenvalue weighted by Gasteiger charge is -2.04. The normalized spacial score (nSPS) is 18.8. The molecule has 2 heterocycles. The van der Waals surface area contributed by atoms with Crippen LogP contribution in [0.25, 0.3) is 0 Å². The first-order valence-electron chi connectivity index (χ1n) is 4.38. The SMILES string of the molecule is c1cc(C2=NSSN2)cc(C2=NSSN2)c1. The molecule has 8 heteroatoms. The highest BCUT2D eigenvalue weighted by atomic mass is 33.1. The van der Waals surface area contributed by atoms with Crippen LogP contribution in [0.15, 0.2) is 33.1 Å². The molecular formula is C8H6N4S4. The summed E-state index contributed by atoms with van der Waals surface area (Å²) in [4.78, 5) is 0. The van der Waals surface area contributed by atoms with E-state index in [0.717, 1.165) is 22.8 Å². The molecule has 2 aliphatic rings. The molecule has 4 nitrogen and oxygen atoms in total. The van der Waals surface area contributed by atoms with Crippen molar-refractivity contribution in [3.8, 4) is 0 Å². The maximum absolute atomic E-state index is 4.29. The topological polar surface area (TPSA) is 48.8 Å². The Morgan fingerprint density at radius 2 is 1.44 bits per heavy atom. The van der Waals surface area contributed by atoms with Gasteiger partial charge in [0.05, 0.1) is 22.0 Å². The van der Waals surface area contributed by atoms with Crippen LogP contribution >= 0.6 is 43.9 Å². The first-order valence-corrected chi connectivity index (χ1v) is 8.59. The van der Waals surface area contributed by atoms with Crippen molar-refractivity contribution in [3.63, 3.8) is 0 Å². The molecule has 0 atom stereocenters. The number of benzene rings is 1. The fourth-order valence-corrected chi connectivity index (χ4v) is 3.87. The Morgan fingerprint density at radius 3 is 1.88 bits per heavy atom. The summed E-state index contributed by atoms with van der Waals surface area (Å²) in [7, 11) is 5.96. The molecule has 0 aromatic heterocycles.